The van der Waals surface area contributed by atoms with E-state index in [4.69, 9.17) is 19.0 Å². The number of ether oxygens (including phenoxy) is 3. The third-order valence-electron chi connectivity index (χ3n) is 4.28. The average molecular weight is 426 g/mol. The summed E-state index contributed by atoms with van der Waals surface area (Å²) < 4.78 is 36.5. The van der Waals surface area contributed by atoms with Gasteiger partial charge in [0.05, 0.1) is 23.9 Å². The molecule has 0 aromatic heterocycles. The topological polar surface area (TPSA) is 97.7 Å². The number of para-hydroxylation sites is 3. The number of benzene rings is 3. The fourth-order valence-electron chi connectivity index (χ4n) is 2.78. The second kappa shape index (κ2) is 8.87. The van der Waals surface area contributed by atoms with Crippen LogP contribution in [-0.4, -0.2) is 30.6 Å². The van der Waals surface area contributed by atoms with Gasteiger partial charge in [0.1, 0.15) is 11.4 Å². The van der Waals surface area contributed by atoms with Crippen LogP contribution in [-0.2, 0) is 9.73 Å². The second-order valence-corrected chi connectivity index (χ2v) is 8.57. The van der Waals surface area contributed by atoms with E-state index >= 15 is 0 Å². The number of methoxy groups -OCH3 is 2. The van der Waals surface area contributed by atoms with Crippen molar-refractivity contribution in [1.82, 2.24) is 0 Å². The largest absolute Gasteiger partial charge is 0.494 e. The number of hydrogen-bond donors (Lipinski definition) is 2. The Bertz CT molecular complexity index is 1180. The SMILES string of the molecule is COc1ccccc1Oc1cccc(OC)c1NC(=O)c1cccc(S(C)(=N)=O)c1. The highest BCUT2D eigenvalue weighted by Crippen LogP contribution is 2.40. The first kappa shape index (κ1) is 21.2. The summed E-state index contributed by atoms with van der Waals surface area (Å²) in [4.78, 5) is 13.2. The quantitative estimate of drug-likeness (QED) is 0.566. The zero-order chi connectivity index (χ0) is 21.7. The zero-order valence-corrected chi connectivity index (χ0v) is 17.6. The molecule has 0 aliphatic carbocycles. The van der Waals surface area contributed by atoms with Gasteiger partial charge in [0.2, 0.25) is 0 Å². The van der Waals surface area contributed by atoms with Crippen molar-refractivity contribution >= 4 is 21.3 Å². The molecule has 0 heterocycles. The lowest BCUT2D eigenvalue weighted by Gasteiger charge is -2.17. The predicted molar refractivity (Wildman–Crippen MR) is 116 cm³/mol. The molecule has 1 amide bonds. The molecule has 3 aromatic carbocycles. The summed E-state index contributed by atoms with van der Waals surface area (Å²) in [5.74, 6) is 1.34. The Morgan fingerprint density at radius 1 is 0.867 bits per heavy atom. The summed E-state index contributed by atoms with van der Waals surface area (Å²) in [5, 5.41) is 2.80. The van der Waals surface area contributed by atoms with Gasteiger partial charge in [-0.25, -0.2) is 8.99 Å². The Labute approximate surface area is 175 Å². The lowest BCUT2D eigenvalue weighted by Crippen LogP contribution is -2.14. The van der Waals surface area contributed by atoms with Crippen LogP contribution in [0, 0.1) is 4.78 Å². The van der Waals surface area contributed by atoms with E-state index in [0.717, 1.165) is 0 Å². The van der Waals surface area contributed by atoms with Gasteiger partial charge in [-0.05, 0) is 42.5 Å². The third kappa shape index (κ3) is 4.72. The highest BCUT2D eigenvalue weighted by atomic mass is 32.2. The molecule has 0 radical (unpaired) electrons. The van der Waals surface area contributed by atoms with Crippen LogP contribution in [0.1, 0.15) is 10.4 Å². The van der Waals surface area contributed by atoms with Crippen LogP contribution >= 0.6 is 0 Å². The van der Waals surface area contributed by atoms with E-state index in [1.54, 1.807) is 55.6 Å². The number of anilines is 1. The van der Waals surface area contributed by atoms with Crippen LogP contribution in [0.25, 0.3) is 0 Å². The number of rotatable bonds is 7. The Hall–Kier alpha value is -3.52. The van der Waals surface area contributed by atoms with Gasteiger partial charge in [-0.1, -0.05) is 24.3 Å². The standard InChI is InChI=1S/C22H22N2O5S/c1-27-17-10-4-5-11-18(17)29-20-13-7-12-19(28-2)21(20)24-22(25)15-8-6-9-16(14-15)30(3,23)26/h4-14,23H,1-3H3,(H,24,25). The molecular weight excluding hydrogens is 404 g/mol. The number of nitrogens with one attached hydrogen (secondary N) is 2. The molecule has 0 spiro atoms. The van der Waals surface area contributed by atoms with Crippen molar-refractivity contribution in [2.24, 2.45) is 0 Å². The third-order valence-corrected chi connectivity index (χ3v) is 5.43. The van der Waals surface area contributed by atoms with Gasteiger partial charge in [0.15, 0.2) is 17.2 Å². The smallest absolute Gasteiger partial charge is 0.255 e. The summed E-state index contributed by atoms with van der Waals surface area (Å²) in [6, 6.07) is 18.5. The van der Waals surface area contributed by atoms with Crippen molar-refractivity contribution in [1.29, 1.82) is 4.78 Å². The minimum atomic E-state index is -2.94. The van der Waals surface area contributed by atoms with Gasteiger partial charge < -0.3 is 19.5 Å². The Morgan fingerprint density at radius 3 is 2.13 bits per heavy atom. The summed E-state index contributed by atoms with van der Waals surface area (Å²) in [7, 11) is 0.0897. The predicted octanol–water partition coefficient (Wildman–Crippen LogP) is 4.78. The van der Waals surface area contributed by atoms with Crippen LogP contribution in [0.3, 0.4) is 0 Å². The number of carbonyl (C=O) groups is 1. The van der Waals surface area contributed by atoms with E-state index in [1.165, 1.54) is 19.4 Å². The average Bonchev–Trinajstić information content (AvgIpc) is 2.74. The van der Waals surface area contributed by atoms with Gasteiger partial charge in [-0.2, -0.15) is 0 Å². The molecule has 3 rings (SSSR count). The zero-order valence-electron chi connectivity index (χ0n) is 16.8. The summed E-state index contributed by atoms with van der Waals surface area (Å²) in [6.07, 6.45) is 1.31. The second-order valence-electron chi connectivity index (χ2n) is 6.41. The summed E-state index contributed by atoms with van der Waals surface area (Å²) in [6.45, 7) is 0. The number of amides is 1. The van der Waals surface area contributed by atoms with E-state index in [9.17, 15) is 9.00 Å². The van der Waals surface area contributed by atoms with E-state index in [1.807, 2.05) is 12.1 Å². The van der Waals surface area contributed by atoms with Gasteiger partial charge in [-0.15, -0.1) is 0 Å². The highest BCUT2D eigenvalue weighted by Gasteiger charge is 2.17. The first-order valence-corrected chi connectivity index (χ1v) is 10.9. The molecule has 3 aromatic rings. The normalized spacial score (nSPS) is 12.5. The molecule has 0 aliphatic heterocycles. The molecule has 0 saturated heterocycles. The molecule has 0 fully saturated rings. The molecule has 156 valence electrons. The van der Waals surface area contributed by atoms with E-state index < -0.39 is 15.6 Å². The van der Waals surface area contributed by atoms with Gasteiger partial charge in [0.25, 0.3) is 5.91 Å². The molecule has 0 aliphatic rings. The maximum atomic E-state index is 12.9. The highest BCUT2D eigenvalue weighted by molar-refractivity contribution is 7.91. The van der Waals surface area contributed by atoms with E-state index in [2.05, 4.69) is 5.32 Å². The van der Waals surface area contributed by atoms with Crippen LogP contribution in [0.4, 0.5) is 5.69 Å². The van der Waals surface area contributed by atoms with Crippen molar-refractivity contribution in [3.05, 3.63) is 72.3 Å². The molecule has 1 atom stereocenters. The van der Waals surface area contributed by atoms with Crippen LogP contribution in [0.5, 0.6) is 23.0 Å². The molecule has 1 unspecified atom stereocenters. The molecule has 30 heavy (non-hydrogen) atoms. The van der Waals surface area contributed by atoms with Crippen molar-refractivity contribution < 1.29 is 23.2 Å². The van der Waals surface area contributed by atoms with Crippen molar-refractivity contribution in [3.8, 4) is 23.0 Å². The number of carbonyl (C=O) groups excluding carboxylic acids is 1. The summed E-state index contributed by atoms with van der Waals surface area (Å²) in [5.41, 5.74) is 0.605. The Balaban J connectivity index is 1.97. The molecular formula is C22H22N2O5S. The maximum absolute atomic E-state index is 12.9. The Morgan fingerprint density at radius 2 is 1.47 bits per heavy atom. The first-order chi connectivity index (χ1) is 14.3. The summed E-state index contributed by atoms with van der Waals surface area (Å²) >= 11 is 0. The first-order valence-electron chi connectivity index (χ1n) is 8.96. The minimum Gasteiger partial charge on any atom is -0.494 e. The van der Waals surface area contributed by atoms with Gasteiger partial charge in [-0.3, -0.25) is 4.79 Å². The minimum absolute atomic E-state index is 0.267. The van der Waals surface area contributed by atoms with Crippen LogP contribution < -0.4 is 19.5 Å². The molecule has 2 N–H and O–H groups in total. The number of hydrogen-bond acceptors (Lipinski definition) is 6. The molecule has 8 heteroatoms. The fraction of sp³-hybridized carbons (Fsp3) is 0.136. The van der Waals surface area contributed by atoms with Crippen LogP contribution in [0.15, 0.2) is 71.6 Å². The van der Waals surface area contributed by atoms with Gasteiger partial charge in [0, 0.05) is 16.7 Å². The van der Waals surface area contributed by atoms with Crippen molar-refractivity contribution in [2.75, 3.05) is 25.8 Å². The molecule has 0 bridgehead atoms. The fourth-order valence-corrected chi connectivity index (χ4v) is 3.47. The maximum Gasteiger partial charge on any atom is 0.255 e. The van der Waals surface area contributed by atoms with E-state index in [-0.39, 0.29) is 10.5 Å². The van der Waals surface area contributed by atoms with Gasteiger partial charge >= 0.3 is 0 Å². The lowest BCUT2D eigenvalue weighted by atomic mass is 10.2. The molecule has 0 saturated carbocycles. The van der Waals surface area contributed by atoms with E-state index in [0.29, 0.717) is 28.7 Å². The van der Waals surface area contributed by atoms with Crippen molar-refractivity contribution in [3.63, 3.8) is 0 Å². The Kier molecular flexibility index (Phi) is 6.27. The monoisotopic (exact) mass is 426 g/mol. The molecule has 7 nitrogen and oxygen atoms in total. The van der Waals surface area contributed by atoms with Crippen LogP contribution in [0.2, 0.25) is 0 Å². The lowest BCUT2D eigenvalue weighted by molar-refractivity contribution is 0.102. The van der Waals surface area contributed by atoms with Crippen molar-refractivity contribution in [2.45, 2.75) is 4.90 Å².